The molecule has 0 unspecified atom stereocenters. The summed E-state index contributed by atoms with van der Waals surface area (Å²) in [5, 5.41) is 0. The fourth-order valence-electron chi connectivity index (χ4n) is 1.40. The zero-order valence-electron chi connectivity index (χ0n) is 9.04. The van der Waals surface area contributed by atoms with E-state index in [0.29, 0.717) is 11.3 Å². The number of pyridine rings is 2. The lowest BCUT2D eigenvalue weighted by molar-refractivity contribution is 0.0891. The Bertz CT molecular complexity index is 474. The topological polar surface area (TPSA) is 59.9 Å². The lowest BCUT2D eigenvalue weighted by Crippen LogP contribution is -2.09. The molecule has 0 aliphatic heterocycles. The van der Waals surface area contributed by atoms with E-state index < -0.39 is 0 Å². The molecule has 2 aromatic heterocycles. The van der Waals surface area contributed by atoms with Crippen molar-refractivity contribution >= 4 is 11.6 Å². The van der Waals surface area contributed by atoms with Gasteiger partial charge in [0.25, 0.3) is 0 Å². The third-order valence-corrected chi connectivity index (χ3v) is 2.27. The Balaban J connectivity index is 2.08. The highest BCUT2D eigenvalue weighted by atomic mass is 16.1. The Morgan fingerprint density at radius 3 is 2.35 bits per heavy atom. The molecule has 4 nitrogen and oxygen atoms in total. The quantitative estimate of drug-likeness (QED) is 0.590. The monoisotopic (exact) mass is 226 g/mol. The van der Waals surface area contributed by atoms with Crippen molar-refractivity contribution in [1.29, 1.82) is 0 Å². The number of Topliss-reactive ketones (excluding diaryl/α,β-unsaturated/α-hetero) is 2. The molecule has 0 atom stereocenters. The van der Waals surface area contributed by atoms with Crippen molar-refractivity contribution in [2.45, 2.75) is 6.42 Å². The van der Waals surface area contributed by atoms with Gasteiger partial charge in [0.1, 0.15) is 5.69 Å². The minimum atomic E-state index is -0.271. The molecule has 4 heteroatoms. The lowest BCUT2D eigenvalue weighted by atomic mass is 10.1. The SMILES string of the molecule is O=C(CC(=O)c1ccccn1)c1ccncc1. The number of hydrogen-bond donors (Lipinski definition) is 0. The summed E-state index contributed by atoms with van der Waals surface area (Å²) >= 11 is 0. The van der Waals surface area contributed by atoms with Crippen LogP contribution in [0.5, 0.6) is 0 Å². The van der Waals surface area contributed by atoms with E-state index in [9.17, 15) is 9.59 Å². The molecular formula is C13H10N2O2. The van der Waals surface area contributed by atoms with Gasteiger partial charge in [-0.15, -0.1) is 0 Å². The summed E-state index contributed by atoms with van der Waals surface area (Å²) in [5.41, 5.74) is 0.805. The van der Waals surface area contributed by atoms with Crippen molar-refractivity contribution in [3.8, 4) is 0 Å². The van der Waals surface area contributed by atoms with Gasteiger partial charge < -0.3 is 0 Å². The van der Waals surface area contributed by atoms with Crippen LogP contribution in [-0.4, -0.2) is 21.5 Å². The minimum Gasteiger partial charge on any atom is -0.294 e. The second-order valence-corrected chi connectivity index (χ2v) is 3.47. The van der Waals surface area contributed by atoms with E-state index in [-0.39, 0.29) is 18.0 Å². The summed E-state index contributed by atoms with van der Waals surface area (Å²) in [6, 6.07) is 8.23. The Morgan fingerprint density at radius 1 is 0.941 bits per heavy atom. The van der Waals surface area contributed by atoms with Gasteiger partial charge in [0.15, 0.2) is 11.6 Å². The van der Waals surface area contributed by atoms with E-state index in [2.05, 4.69) is 9.97 Å². The molecule has 0 amide bonds. The summed E-state index contributed by atoms with van der Waals surface area (Å²) in [4.78, 5) is 31.2. The molecule has 2 rings (SSSR count). The minimum absolute atomic E-state index is 0.166. The molecule has 0 saturated heterocycles. The maximum Gasteiger partial charge on any atom is 0.188 e. The van der Waals surface area contributed by atoms with Crippen molar-refractivity contribution in [3.63, 3.8) is 0 Å². The Hall–Kier alpha value is -2.36. The molecule has 0 N–H and O–H groups in total. The fourth-order valence-corrected chi connectivity index (χ4v) is 1.40. The molecule has 0 aliphatic carbocycles. The van der Waals surface area contributed by atoms with Crippen LogP contribution in [0.3, 0.4) is 0 Å². The van der Waals surface area contributed by atoms with Crippen LogP contribution in [0, 0.1) is 0 Å². The van der Waals surface area contributed by atoms with Gasteiger partial charge >= 0.3 is 0 Å². The molecule has 0 aromatic carbocycles. The highest BCUT2D eigenvalue weighted by Crippen LogP contribution is 2.06. The first-order chi connectivity index (χ1) is 8.27. The van der Waals surface area contributed by atoms with Crippen molar-refractivity contribution in [3.05, 3.63) is 60.2 Å². The van der Waals surface area contributed by atoms with Gasteiger partial charge in [0.2, 0.25) is 0 Å². The maximum atomic E-state index is 11.8. The van der Waals surface area contributed by atoms with E-state index in [1.807, 2.05) is 0 Å². The molecule has 84 valence electrons. The largest absolute Gasteiger partial charge is 0.294 e. The van der Waals surface area contributed by atoms with Crippen molar-refractivity contribution in [1.82, 2.24) is 9.97 Å². The van der Waals surface area contributed by atoms with Crippen LogP contribution in [0.4, 0.5) is 0 Å². The number of hydrogen-bond acceptors (Lipinski definition) is 4. The van der Waals surface area contributed by atoms with Crippen LogP contribution in [-0.2, 0) is 0 Å². The molecule has 2 heterocycles. The fraction of sp³-hybridized carbons (Fsp3) is 0.0769. The first kappa shape index (κ1) is 11.1. The first-order valence-electron chi connectivity index (χ1n) is 5.15. The van der Waals surface area contributed by atoms with Gasteiger partial charge in [-0.2, -0.15) is 0 Å². The summed E-state index contributed by atoms with van der Waals surface area (Å²) in [6.45, 7) is 0. The third-order valence-electron chi connectivity index (χ3n) is 2.27. The van der Waals surface area contributed by atoms with Crippen molar-refractivity contribution < 1.29 is 9.59 Å². The van der Waals surface area contributed by atoms with Crippen LogP contribution in [0.1, 0.15) is 27.3 Å². The Morgan fingerprint density at radius 2 is 1.71 bits per heavy atom. The summed E-state index contributed by atoms with van der Waals surface area (Å²) < 4.78 is 0. The molecule has 0 radical (unpaired) electrons. The summed E-state index contributed by atoms with van der Waals surface area (Å²) in [7, 11) is 0. The predicted octanol–water partition coefficient (Wildman–Crippen LogP) is 1.93. The third kappa shape index (κ3) is 2.81. The van der Waals surface area contributed by atoms with E-state index in [0.717, 1.165) is 0 Å². The Labute approximate surface area is 98.3 Å². The molecule has 0 spiro atoms. The highest BCUT2D eigenvalue weighted by molar-refractivity contribution is 6.12. The van der Waals surface area contributed by atoms with Gasteiger partial charge in [-0.1, -0.05) is 6.07 Å². The van der Waals surface area contributed by atoms with Gasteiger partial charge in [0, 0.05) is 24.2 Å². The van der Waals surface area contributed by atoms with Gasteiger partial charge in [-0.25, -0.2) is 0 Å². The van der Waals surface area contributed by atoms with Gasteiger partial charge in [-0.05, 0) is 24.3 Å². The Kier molecular flexibility index (Phi) is 3.35. The van der Waals surface area contributed by atoms with E-state index in [1.54, 1.807) is 30.3 Å². The van der Waals surface area contributed by atoms with Crippen molar-refractivity contribution in [2.24, 2.45) is 0 Å². The molecule has 0 saturated carbocycles. The molecule has 0 fully saturated rings. The standard InChI is InChI=1S/C13H10N2O2/c16-12(10-4-7-14-8-5-10)9-13(17)11-3-1-2-6-15-11/h1-8H,9H2. The van der Waals surface area contributed by atoms with Gasteiger partial charge in [-0.3, -0.25) is 19.6 Å². The van der Waals surface area contributed by atoms with E-state index in [1.165, 1.54) is 18.6 Å². The molecule has 0 bridgehead atoms. The number of carbonyl (C=O) groups excluding carboxylic acids is 2. The average Bonchev–Trinajstić information content (AvgIpc) is 2.40. The summed E-state index contributed by atoms with van der Waals surface area (Å²) in [6.07, 6.45) is 4.42. The second kappa shape index (κ2) is 5.12. The second-order valence-electron chi connectivity index (χ2n) is 3.47. The number of rotatable bonds is 4. The molecule has 0 aliphatic rings. The van der Waals surface area contributed by atoms with Crippen LogP contribution >= 0.6 is 0 Å². The van der Waals surface area contributed by atoms with Crippen LogP contribution in [0.25, 0.3) is 0 Å². The van der Waals surface area contributed by atoms with Crippen LogP contribution in [0.15, 0.2) is 48.9 Å². The summed E-state index contributed by atoms with van der Waals surface area (Å²) in [5.74, 6) is -0.490. The number of carbonyl (C=O) groups is 2. The van der Waals surface area contributed by atoms with E-state index >= 15 is 0 Å². The molecule has 17 heavy (non-hydrogen) atoms. The maximum absolute atomic E-state index is 11.8. The van der Waals surface area contributed by atoms with Crippen LogP contribution < -0.4 is 0 Å². The zero-order valence-corrected chi connectivity index (χ0v) is 9.04. The number of aromatic nitrogens is 2. The van der Waals surface area contributed by atoms with Crippen LogP contribution in [0.2, 0.25) is 0 Å². The van der Waals surface area contributed by atoms with Crippen molar-refractivity contribution in [2.75, 3.05) is 0 Å². The lowest BCUT2D eigenvalue weighted by Gasteiger charge is -1.99. The molecule has 2 aromatic rings. The number of nitrogens with zero attached hydrogens (tertiary/aromatic N) is 2. The normalized spacial score (nSPS) is 9.88. The predicted molar refractivity (Wildman–Crippen MR) is 61.8 cm³/mol. The smallest absolute Gasteiger partial charge is 0.188 e. The average molecular weight is 226 g/mol. The van der Waals surface area contributed by atoms with E-state index in [4.69, 9.17) is 0 Å². The highest BCUT2D eigenvalue weighted by Gasteiger charge is 2.13. The number of ketones is 2. The van der Waals surface area contributed by atoms with Gasteiger partial charge in [0.05, 0.1) is 6.42 Å². The zero-order chi connectivity index (χ0) is 12.1. The molecular weight excluding hydrogens is 216 g/mol. The first-order valence-corrected chi connectivity index (χ1v) is 5.15.